The van der Waals surface area contributed by atoms with Gasteiger partial charge in [-0.05, 0) is 20.8 Å². The van der Waals surface area contributed by atoms with Gasteiger partial charge in [0.25, 0.3) is 0 Å². The Hall–Kier alpha value is -2.12. The highest BCUT2D eigenvalue weighted by molar-refractivity contribution is 6.03. The van der Waals surface area contributed by atoms with Crippen LogP contribution in [0, 0.1) is 5.92 Å². The summed E-state index contributed by atoms with van der Waals surface area (Å²) in [7, 11) is 1.12. The van der Waals surface area contributed by atoms with E-state index in [1.165, 1.54) is 0 Å². The third-order valence-corrected chi connectivity index (χ3v) is 2.94. The predicted molar refractivity (Wildman–Crippen MR) is 69.5 cm³/mol. The van der Waals surface area contributed by atoms with Gasteiger partial charge in [0, 0.05) is 13.0 Å². The number of ketones is 1. The lowest BCUT2D eigenvalue weighted by Gasteiger charge is -2.36. The van der Waals surface area contributed by atoms with Gasteiger partial charge in [0.1, 0.15) is 17.6 Å². The lowest BCUT2D eigenvalue weighted by molar-refractivity contribution is -0.157. The first-order valence-electron chi connectivity index (χ1n) is 6.39. The van der Waals surface area contributed by atoms with Gasteiger partial charge < -0.3 is 14.6 Å². The molecule has 0 spiro atoms. The fourth-order valence-corrected chi connectivity index (χ4v) is 1.96. The minimum Gasteiger partial charge on any atom is -0.480 e. The van der Waals surface area contributed by atoms with Gasteiger partial charge >= 0.3 is 18.0 Å². The van der Waals surface area contributed by atoms with Gasteiger partial charge in [-0.15, -0.1) is 0 Å². The minimum absolute atomic E-state index is 0.364. The van der Waals surface area contributed by atoms with Gasteiger partial charge in [0.15, 0.2) is 5.78 Å². The maximum atomic E-state index is 12.1. The van der Waals surface area contributed by atoms with Crippen LogP contribution in [0.25, 0.3) is 0 Å². The zero-order valence-electron chi connectivity index (χ0n) is 12.4. The molecule has 2 atom stereocenters. The standard InChI is InChI=1S/C13H19NO7/c1-13(2,3)21-12(19)14-6-7(11(18)20-4)9(15)5-8(14)10(16)17/h7-8H,5-6H2,1-4H3,(H,16,17)/t7?,8-/m1/s1. The summed E-state index contributed by atoms with van der Waals surface area (Å²) in [6.45, 7) is 4.53. The van der Waals surface area contributed by atoms with Crippen LogP contribution in [-0.2, 0) is 23.9 Å². The molecular weight excluding hydrogens is 282 g/mol. The number of hydrogen-bond donors (Lipinski definition) is 1. The summed E-state index contributed by atoms with van der Waals surface area (Å²) in [5.41, 5.74) is -0.817. The van der Waals surface area contributed by atoms with Gasteiger partial charge in [-0.25, -0.2) is 9.59 Å². The van der Waals surface area contributed by atoms with Crippen molar-refractivity contribution in [3.05, 3.63) is 0 Å². The third-order valence-electron chi connectivity index (χ3n) is 2.94. The van der Waals surface area contributed by atoms with E-state index in [4.69, 9.17) is 9.84 Å². The van der Waals surface area contributed by atoms with E-state index in [0.29, 0.717) is 0 Å². The smallest absolute Gasteiger partial charge is 0.411 e. The topological polar surface area (TPSA) is 110 Å². The van der Waals surface area contributed by atoms with Crippen LogP contribution in [0.5, 0.6) is 0 Å². The maximum Gasteiger partial charge on any atom is 0.411 e. The highest BCUT2D eigenvalue weighted by atomic mass is 16.6. The Bertz CT molecular complexity index is 466. The van der Waals surface area contributed by atoms with Crippen LogP contribution in [0.15, 0.2) is 0 Å². The number of Topliss-reactive ketones (excluding diaryl/α,β-unsaturated/α-hetero) is 1. The number of carbonyl (C=O) groups is 4. The highest BCUT2D eigenvalue weighted by Crippen LogP contribution is 2.23. The number of piperidine rings is 1. The van der Waals surface area contributed by atoms with Crippen LogP contribution < -0.4 is 0 Å². The molecule has 1 fully saturated rings. The Labute approximate surface area is 122 Å². The molecule has 1 aliphatic rings. The number of aliphatic carboxylic acids is 1. The Morgan fingerprint density at radius 3 is 2.29 bits per heavy atom. The van der Waals surface area contributed by atoms with Crippen LogP contribution in [0.3, 0.4) is 0 Å². The minimum atomic E-state index is -1.34. The predicted octanol–water partition coefficient (Wildman–Crippen LogP) is 0.439. The number of amides is 1. The van der Waals surface area contributed by atoms with Crippen LogP contribution in [0.4, 0.5) is 4.79 Å². The van der Waals surface area contributed by atoms with Gasteiger partial charge in [-0.3, -0.25) is 14.5 Å². The van der Waals surface area contributed by atoms with Crippen molar-refractivity contribution in [3.63, 3.8) is 0 Å². The van der Waals surface area contributed by atoms with E-state index in [2.05, 4.69) is 4.74 Å². The van der Waals surface area contributed by atoms with Crippen LogP contribution in [-0.4, -0.2) is 59.1 Å². The fraction of sp³-hybridized carbons (Fsp3) is 0.692. The van der Waals surface area contributed by atoms with Crippen molar-refractivity contribution >= 4 is 23.8 Å². The molecular formula is C13H19NO7. The van der Waals surface area contributed by atoms with E-state index >= 15 is 0 Å². The number of carbonyl (C=O) groups excluding carboxylic acids is 3. The fourth-order valence-electron chi connectivity index (χ4n) is 1.96. The molecule has 1 N–H and O–H groups in total. The van der Waals surface area contributed by atoms with E-state index in [1.54, 1.807) is 20.8 Å². The molecule has 0 aliphatic carbocycles. The van der Waals surface area contributed by atoms with Gasteiger partial charge in [-0.2, -0.15) is 0 Å². The second-order valence-electron chi connectivity index (χ2n) is 5.73. The van der Waals surface area contributed by atoms with E-state index in [9.17, 15) is 19.2 Å². The molecule has 1 amide bonds. The lowest BCUT2D eigenvalue weighted by Crippen LogP contribution is -2.56. The van der Waals surface area contributed by atoms with Crippen molar-refractivity contribution in [2.45, 2.75) is 38.8 Å². The van der Waals surface area contributed by atoms with E-state index in [0.717, 1.165) is 12.0 Å². The molecule has 1 saturated heterocycles. The molecule has 0 aromatic carbocycles. The molecule has 1 rings (SSSR count). The van der Waals surface area contributed by atoms with Crippen molar-refractivity contribution in [2.24, 2.45) is 5.92 Å². The lowest BCUT2D eigenvalue weighted by atomic mass is 9.91. The number of hydrogen-bond acceptors (Lipinski definition) is 6. The number of methoxy groups -OCH3 is 1. The maximum absolute atomic E-state index is 12.1. The third kappa shape index (κ3) is 4.17. The molecule has 1 unspecified atom stereocenters. The number of likely N-dealkylation sites (tertiary alicyclic amines) is 1. The van der Waals surface area contributed by atoms with E-state index in [1.807, 2.05) is 0 Å². The highest BCUT2D eigenvalue weighted by Gasteiger charge is 2.45. The molecule has 1 aliphatic heterocycles. The zero-order valence-corrected chi connectivity index (χ0v) is 12.4. The summed E-state index contributed by atoms with van der Waals surface area (Å²) >= 11 is 0. The number of carboxylic acid groups (broad SMARTS) is 1. The molecule has 0 radical (unpaired) electrons. The average molecular weight is 301 g/mol. The summed E-state index contributed by atoms with van der Waals surface area (Å²) in [6, 6.07) is -1.34. The molecule has 0 bridgehead atoms. The van der Waals surface area contributed by atoms with Crippen LogP contribution in [0.1, 0.15) is 27.2 Å². The molecule has 8 heteroatoms. The summed E-state index contributed by atoms with van der Waals surface area (Å²) < 4.78 is 9.61. The van der Waals surface area contributed by atoms with Crippen molar-refractivity contribution in [3.8, 4) is 0 Å². The Morgan fingerprint density at radius 1 is 1.29 bits per heavy atom. The van der Waals surface area contributed by atoms with E-state index < -0.39 is 47.8 Å². The Kier molecular flexibility index (Phi) is 4.93. The molecule has 21 heavy (non-hydrogen) atoms. The molecule has 0 aromatic rings. The summed E-state index contributed by atoms with van der Waals surface area (Å²) in [5, 5.41) is 9.14. The molecule has 118 valence electrons. The van der Waals surface area contributed by atoms with Crippen LogP contribution in [0.2, 0.25) is 0 Å². The largest absolute Gasteiger partial charge is 0.480 e. The Balaban J connectivity index is 2.99. The number of carboxylic acids is 1. The van der Waals surface area contributed by atoms with Crippen molar-refractivity contribution < 1.29 is 33.8 Å². The van der Waals surface area contributed by atoms with Crippen LogP contribution >= 0.6 is 0 Å². The van der Waals surface area contributed by atoms with Crippen molar-refractivity contribution in [2.75, 3.05) is 13.7 Å². The Morgan fingerprint density at radius 2 is 1.86 bits per heavy atom. The van der Waals surface area contributed by atoms with Crippen molar-refractivity contribution in [1.82, 2.24) is 4.90 Å². The molecule has 8 nitrogen and oxygen atoms in total. The average Bonchev–Trinajstić information content (AvgIpc) is 2.35. The number of rotatable bonds is 2. The van der Waals surface area contributed by atoms with Gasteiger partial charge in [-0.1, -0.05) is 0 Å². The first kappa shape index (κ1) is 16.9. The van der Waals surface area contributed by atoms with Crippen molar-refractivity contribution in [1.29, 1.82) is 0 Å². The normalized spacial score (nSPS) is 22.7. The SMILES string of the molecule is COC(=O)C1CN(C(=O)OC(C)(C)C)[C@@H](C(=O)O)CC1=O. The first-order chi connectivity index (χ1) is 9.56. The van der Waals surface area contributed by atoms with Gasteiger partial charge in [0.05, 0.1) is 7.11 Å². The molecule has 0 aromatic heterocycles. The summed E-state index contributed by atoms with van der Waals surface area (Å²) in [4.78, 5) is 47.5. The number of esters is 1. The quantitative estimate of drug-likeness (QED) is 0.582. The summed E-state index contributed by atoms with van der Waals surface area (Å²) in [5.74, 6) is -3.86. The zero-order chi connectivity index (χ0) is 16.4. The second kappa shape index (κ2) is 6.11. The summed E-state index contributed by atoms with van der Waals surface area (Å²) in [6.07, 6.45) is -1.33. The molecule has 0 saturated carbocycles. The van der Waals surface area contributed by atoms with E-state index in [-0.39, 0.29) is 6.54 Å². The van der Waals surface area contributed by atoms with Gasteiger partial charge in [0.2, 0.25) is 0 Å². The first-order valence-corrected chi connectivity index (χ1v) is 6.39. The number of ether oxygens (including phenoxy) is 2. The second-order valence-corrected chi connectivity index (χ2v) is 5.73. The molecule has 1 heterocycles. The number of nitrogens with zero attached hydrogens (tertiary/aromatic N) is 1. The monoisotopic (exact) mass is 301 g/mol.